The van der Waals surface area contributed by atoms with Crippen molar-refractivity contribution in [3.8, 4) is 11.5 Å². The van der Waals surface area contributed by atoms with E-state index in [1.54, 1.807) is 30.6 Å². The molecule has 0 aliphatic carbocycles. The number of ketones is 1. The number of aromatic hydroxyl groups is 1. The van der Waals surface area contributed by atoms with Gasteiger partial charge in [0.15, 0.2) is 5.76 Å². The number of nitrogens with zero attached hydrogens (tertiary/aromatic N) is 2. The largest absolute Gasteiger partial charge is 0.507 e. The molecule has 2 aromatic rings. The molecule has 148 valence electrons. The van der Waals surface area contributed by atoms with Crippen molar-refractivity contribution in [1.29, 1.82) is 0 Å². The molecule has 0 unspecified atom stereocenters. The monoisotopic (exact) mass is 380 g/mol. The van der Waals surface area contributed by atoms with Crippen molar-refractivity contribution in [2.45, 2.75) is 34.2 Å². The molecule has 0 saturated carbocycles. The second kappa shape index (κ2) is 8.57. The van der Waals surface area contributed by atoms with Gasteiger partial charge in [0, 0.05) is 32.0 Å². The molecule has 0 fully saturated rings. The SMILES string of the molecule is CC(C)CN(Cc1c(O)ccc2c1OC(=Cc1cccnc1)C2=O)CC(C)C. The molecule has 0 bridgehead atoms. The average Bonchev–Trinajstić information content (AvgIpc) is 2.93. The van der Waals surface area contributed by atoms with Crippen molar-refractivity contribution in [3.05, 3.63) is 59.1 Å². The zero-order valence-corrected chi connectivity index (χ0v) is 17.0. The molecule has 28 heavy (non-hydrogen) atoms. The maximum absolute atomic E-state index is 12.8. The number of benzene rings is 1. The van der Waals surface area contributed by atoms with E-state index >= 15 is 0 Å². The number of hydrogen-bond acceptors (Lipinski definition) is 5. The van der Waals surface area contributed by atoms with Gasteiger partial charge in [-0.2, -0.15) is 0 Å². The van der Waals surface area contributed by atoms with Gasteiger partial charge in [-0.1, -0.05) is 33.8 Å². The summed E-state index contributed by atoms with van der Waals surface area (Å²) in [7, 11) is 0. The number of fused-ring (bicyclic) bond motifs is 1. The lowest BCUT2D eigenvalue weighted by Crippen LogP contribution is -2.31. The lowest BCUT2D eigenvalue weighted by Gasteiger charge is -2.27. The predicted octanol–water partition coefficient (Wildman–Crippen LogP) is 4.52. The molecule has 3 rings (SSSR count). The van der Waals surface area contributed by atoms with E-state index in [2.05, 4.69) is 37.6 Å². The molecule has 1 aromatic carbocycles. The summed E-state index contributed by atoms with van der Waals surface area (Å²) in [6.07, 6.45) is 5.05. The summed E-state index contributed by atoms with van der Waals surface area (Å²) in [5.41, 5.74) is 1.96. The number of carbonyl (C=O) groups is 1. The number of Topliss-reactive ketones (excluding diaryl/α,β-unsaturated/α-hetero) is 1. The Labute approximate surface area is 166 Å². The normalized spacial score (nSPS) is 15.0. The Morgan fingerprint density at radius 1 is 1.14 bits per heavy atom. The molecule has 0 amide bonds. The first kappa shape index (κ1) is 20.1. The van der Waals surface area contributed by atoms with Gasteiger partial charge in [0.1, 0.15) is 11.5 Å². The maximum atomic E-state index is 12.8. The van der Waals surface area contributed by atoms with Gasteiger partial charge in [-0.15, -0.1) is 0 Å². The topological polar surface area (TPSA) is 62.7 Å². The van der Waals surface area contributed by atoms with Gasteiger partial charge in [-0.05, 0) is 41.7 Å². The van der Waals surface area contributed by atoms with Crippen molar-refractivity contribution < 1.29 is 14.6 Å². The fraction of sp³-hybridized carbons (Fsp3) is 0.391. The Bertz CT molecular complexity index is 863. The predicted molar refractivity (Wildman–Crippen MR) is 110 cm³/mol. The Morgan fingerprint density at radius 2 is 1.86 bits per heavy atom. The zero-order chi connectivity index (χ0) is 20.3. The van der Waals surface area contributed by atoms with Crippen molar-refractivity contribution in [3.63, 3.8) is 0 Å². The summed E-state index contributed by atoms with van der Waals surface area (Å²) in [5.74, 6) is 1.72. The first-order chi connectivity index (χ1) is 13.3. The third-order valence-corrected chi connectivity index (χ3v) is 4.53. The Hall–Kier alpha value is -2.66. The maximum Gasteiger partial charge on any atom is 0.231 e. The molecule has 5 nitrogen and oxygen atoms in total. The molecule has 2 heterocycles. The first-order valence-corrected chi connectivity index (χ1v) is 9.76. The molecular formula is C23H28N2O3. The highest BCUT2D eigenvalue weighted by Crippen LogP contribution is 2.40. The van der Waals surface area contributed by atoms with Gasteiger partial charge >= 0.3 is 0 Å². The van der Waals surface area contributed by atoms with Crippen LogP contribution in [0.3, 0.4) is 0 Å². The fourth-order valence-electron chi connectivity index (χ4n) is 3.52. The highest BCUT2D eigenvalue weighted by Gasteiger charge is 2.31. The highest BCUT2D eigenvalue weighted by atomic mass is 16.5. The number of hydrogen-bond donors (Lipinski definition) is 1. The minimum absolute atomic E-state index is 0.159. The van der Waals surface area contributed by atoms with E-state index in [-0.39, 0.29) is 17.3 Å². The van der Waals surface area contributed by atoms with Crippen LogP contribution in [0.5, 0.6) is 11.5 Å². The number of carbonyl (C=O) groups excluding carboxylic acids is 1. The highest BCUT2D eigenvalue weighted by molar-refractivity contribution is 6.14. The Morgan fingerprint density at radius 3 is 2.46 bits per heavy atom. The van der Waals surface area contributed by atoms with Crippen LogP contribution in [0, 0.1) is 11.8 Å². The van der Waals surface area contributed by atoms with Crippen molar-refractivity contribution in [2.24, 2.45) is 11.8 Å². The van der Waals surface area contributed by atoms with Crippen LogP contribution < -0.4 is 4.74 Å². The van der Waals surface area contributed by atoms with E-state index in [1.165, 1.54) is 0 Å². The fourth-order valence-corrected chi connectivity index (χ4v) is 3.52. The van der Waals surface area contributed by atoms with Crippen LogP contribution in [0.25, 0.3) is 6.08 Å². The van der Waals surface area contributed by atoms with Crippen molar-refractivity contribution in [2.75, 3.05) is 13.1 Å². The molecule has 0 radical (unpaired) electrons. The molecule has 1 aliphatic heterocycles. The standard InChI is InChI=1S/C23H28N2O3/c1-15(2)12-25(13-16(3)4)14-19-20(26)8-7-18-22(27)21(28-23(18)19)10-17-6-5-9-24-11-17/h5-11,15-16,26H,12-14H2,1-4H3. The average molecular weight is 380 g/mol. The molecular weight excluding hydrogens is 352 g/mol. The van der Waals surface area contributed by atoms with E-state index in [9.17, 15) is 9.90 Å². The molecule has 0 spiro atoms. The minimum atomic E-state index is -0.167. The van der Waals surface area contributed by atoms with E-state index in [0.717, 1.165) is 18.7 Å². The lowest BCUT2D eigenvalue weighted by atomic mass is 10.0. The van der Waals surface area contributed by atoms with Crippen LogP contribution in [0.4, 0.5) is 0 Å². The number of aromatic nitrogens is 1. The minimum Gasteiger partial charge on any atom is -0.507 e. The summed E-state index contributed by atoms with van der Waals surface area (Å²) in [6, 6.07) is 6.90. The van der Waals surface area contributed by atoms with Gasteiger partial charge < -0.3 is 9.84 Å². The van der Waals surface area contributed by atoms with E-state index < -0.39 is 0 Å². The Balaban J connectivity index is 1.92. The van der Waals surface area contributed by atoms with Crippen LogP contribution in [0.15, 0.2) is 42.4 Å². The van der Waals surface area contributed by atoms with Gasteiger partial charge in [0.2, 0.25) is 5.78 Å². The van der Waals surface area contributed by atoms with Gasteiger partial charge in [-0.3, -0.25) is 14.7 Å². The summed E-state index contributed by atoms with van der Waals surface area (Å²) in [5, 5.41) is 10.5. The number of phenolic OH excluding ortho intramolecular Hbond substituents is 1. The van der Waals surface area contributed by atoms with Gasteiger partial charge in [0.05, 0.1) is 11.1 Å². The zero-order valence-electron chi connectivity index (χ0n) is 17.0. The van der Waals surface area contributed by atoms with E-state index in [0.29, 0.717) is 35.3 Å². The summed E-state index contributed by atoms with van der Waals surface area (Å²) >= 11 is 0. The second-order valence-electron chi connectivity index (χ2n) is 8.15. The lowest BCUT2D eigenvalue weighted by molar-refractivity contribution is 0.101. The Kier molecular flexibility index (Phi) is 6.15. The number of rotatable bonds is 7. The quantitative estimate of drug-likeness (QED) is 0.716. The van der Waals surface area contributed by atoms with Crippen LogP contribution in [-0.2, 0) is 6.54 Å². The van der Waals surface area contributed by atoms with Gasteiger partial charge in [-0.25, -0.2) is 0 Å². The number of pyridine rings is 1. The van der Waals surface area contributed by atoms with Crippen LogP contribution in [-0.4, -0.2) is 33.9 Å². The molecule has 0 saturated heterocycles. The number of ether oxygens (including phenoxy) is 1. The molecule has 1 N–H and O–H groups in total. The summed E-state index contributed by atoms with van der Waals surface area (Å²) < 4.78 is 5.94. The third kappa shape index (κ3) is 4.60. The first-order valence-electron chi connectivity index (χ1n) is 9.76. The third-order valence-electron chi connectivity index (χ3n) is 4.53. The van der Waals surface area contributed by atoms with Crippen LogP contribution >= 0.6 is 0 Å². The second-order valence-corrected chi connectivity index (χ2v) is 8.15. The molecule has 1 aliphatic rings. The van der Waals surface area contributed by atoms with Crippen molar-refractivity contribution in [1.82, 2.24) is 9.88 Å². The molecule has 0 atom stereocenters. The van der Waals surface area contributed by atoms with Crippen LogP contribution in [0.2, 0.25) is 0 Å². The van der Waals surface area contributed by atoms with E-state index in [1.807, 2.05) is 12.1 Å². The number of allylic oxidation sites excluding steroid dienone is 1. The van der Waals surface area contributed by atoms with Crippen LogP contribution in [0.1, 0.15) is 49.2 Å². The summed E-state index contributed by atoms with van der Waals surface area (Å²) in [6.45, 7) is 11.1. The van der Waals surface area contributed by atoms with Crippen molar-refractivity contribution >= 4 is 11.9 Å². The summed E-state index contributed by atoms with van der Waals surface area (Å²) in [4.78, 5) is 19.2. The smallest absolute Gasteiger partial charge is 0.231 e. The molecule has 5 heteroatoms. The molecule has 1 aromatic heterocycles. The van der Waals surface area contributed by atoms with Gasteiger partial charge in [0.25, 0.3) is 0 Å². The number of phenols is 1. The van der Waals surface area contributed by atoms with E-state index in [4.69, 9.17) is 4.74 Å².